The predicted octanol–water partition coefficient (Wildman–Crippen LogP) is 1.31. The Balaban J connectivity index is 2.78. The molecule has 0 heterocycles. The summed E-state index contributed by atoms with van der Waals surface area (Å²) in [6.45, 7) is 2.16. The van der Waals surface area contributed by atoms with Crippen LogP contribution in [-0.4, -0.2) is 23.5 Å². The number of carboxylic acids is 1. The summed E-state index contributed by atoms with van der Waals surface area (Å²) in [7, 11) is 0. The second-order valence-corrected chi connectivity index (χ2v) is 3.72. The Kier molecular flexibility index (Phi) is 4.66. The quantitative estimate of drug-likeness (QED) is 0.718. The molecule has 0 aliphatic carbocycles. The largest absolute Gasteiger partial charge is 0.478 e. The first-order chi connectivity index (χ1) is 8.08. The fraction of sp³-hybridized carbons (Fsp3) is 0.333. The van der Waals surface area contributed by atoms with Crippen molar-refractivity contribution in [1.82, 2.24) is 0 Å². The minimum atomic E-state index is -1.02. The highest BCUT2D eigenvalue weighted by Crippen LogP contribution is 2.12. The van der Waals surface area contributed by atoms with E-state index in [0.29, 0.717) is 12.1 Å². The van der Waals surface area contributed by atoms with Crippen molar-refractivity contribution >= 4 is 17.6 Å². The molecule has 0 radical (unpaired) electrons. The Morgan fingerprint density at radius 2 is 2.18 bits per heavy atom. The molecule has 0 fully saturated rings. The van der Waals surface area contributed by atoms with Crippen molar-refractivity contribution in [1.29, 1.82) is 0 Å². The van der Waals surface area contributed by atoms with Gasteiger partial charge in [-0.2, -0.15) is 0 Å². The molecule has 0 aliphatic heterocycles. The Morgan fingerprint density at radius 1 is 1.47 bits per heavy atom. The van der Waals surface area contributed by atoms with Crippen LogP contribution in [0.3, 0.4) is 0 Å². The molecule has 0 aliphatic rings. The minimum absolute atomic E-state index is 0.142. The topological polar surface area (TPSA) is 92.4 Å². The van der Waals surface area contributed by atoms with Crippen LogP contribution in [0.15, 0.2) is 24.3 Å². The second-order valence-electron chi connectivity index (χ2n) is 3.72. The van der Waals surface area contributed by atoms with Gasteiger partial charge in [-0.05, 0) is 24.6 Å². The molecule has 1 amide bonds. The summed E-state index contributed by atoms with van der Waals surface area (Å²) in [5.74, 6) is -1.45. The average molecular weight is 236 g/mol. The van der Waals surface area contributed by atoms with E-state index in [4.69, 9.17) is 10.8 Å². The fourth-order valence-electron chi connectivity index (χ4n) is 1.43. The van der Waals surface area contributed by atoms with Crippen LogP contribution in [-0.2, 0) is 4.79 Å². The van der Waals surface area contributed by atoms with Gasteiger partial charge in [0, 0.05) is 12.2 Å². The van der Waals surface area contributed by atoms with Crippen molar-refractivity contribution < 1.29 is 14.7 Å². The molecule has 0 aromatic heterocycles. The van der Waals surface area contributed by atoms with Crippen LogP contribution in [0.5, 0.6) is 0 Å². The molecule has 1 aromatic carbocycles. The number of carbonyl (C=O) groups excluding carboxylic acids is 1. The van der Waals surface area contributed by atoms with E-state index in [9.17, 15) is 9.59 Å². The smallest absolute Gasteiger partial charge is 0.335 e. The zero-order valence-corrected chi connectivity index (χ0v) is 9.64. The maximum atomic E-state index is 11.7. The fourth-order valence-corrected chi connectivity index (χ4v) is 1.43. The molecule has 5 heteroatoms. The summed E-state index contributed by atoms with van der Waals surface area (Å²) in [6.07, 6.45) is 0.654. The molecule has 1 aromatic rings. The summed E-state index contributed by atoms with van der Waals surface area (Å²) in [5.41, 5.74) is 6.08. The van der Waals surface area contributed by atoms with Crippen molar-refractivity contribution in [2.45, 2.75) is 13.3 Å². The van der Waals surface area contributed by atoms with Gasteiger partial charge in [-0.25, -0.2) is 4.79 Å². The summed E-state index contributed by atoms with van der Waals surface area (Å²) in [6, 6.07) is 6.12. The van der Waals surface area contributed by atoms with Gasteiger partial charge in [0.1, 0.15) is 0 Å². The molecule has 4 N–H and O–H groups in total. The van der Waals surface area contributed by atoms with Crippen LogP contribution < -0.4 is 11.1 Å². The number of hydrogen-bond acceptors (Lipinski definition) is 3. The number of aromatic carboxylic acids is 1. The van der Waals surface area contributed by atoms with Gasteiger partial charge in [0.05, 0.1) is 11.5 Å². The average Bonchev–Trinajstić information content (AvgIpc) is 2.30. The molecule has 92 valence electrons. The number of benzene rings is 1. The van der Waals surface area contributed by atoms with Gasteiger partial charge in [-0.15, -0.1) is 0 Å². The van der Waals surface area contributed by atoms with E-state index in [1.807, 2.05) is 6.92 Å². The molecule has 0 saturated heterocycles. The van der Waals surface area contributed by atoms with Gasteiger partial charge in [0.2, 0.25) is 5.91 Å². The first kappa shape index (κ1) is 13.2. The highest BCUT2D eigenvalue weighted by molar-refractivity contribution is 5.95. The molecule has 5 nitrogen and oxygen atoms in total. The molecule has 17 heavy (non-hydrogen) atoms. The second kappa shape index (κ2) is 6.00. The Hall–Kier alpha value is -1.88. The van der Waals surface area contributed by atoms with E-state index >= 15 is 0 Å². The minimum Gasteiger partial charge on any atom is -0.478 e. The summed E-state index contributed by atoms with van der Waals surface area (Å²) >= 11 is 0. The molecular weight excluding hydrogens is 220 g/mol. The molecule has 1 atom stereocenters. The number of anilines is 1. The number of hydrogen-bond donors (Lipinski definition) is 3. The number of carbonyl (C=O) groups is 2. The van der Waals surface area contributed by atoms with Crippen molar-refractivity contribution in [3.63, 3.8) is 0 Å². The van der Waals surface area contributed by atoms with Crippen molar-refractivity contribution in [3.05, 3.63) is 29.8 Å². The lowest BCUT2D eigenvalue weighted by atomic mass is 10.1. The third kappa shape index (κ3) is 3.57. The number of carboxylic acid groups (broad SMARTS) is 1. The van der Waals surface area contributed by atoms with E-state index in [1.54, 1.807) is 12.1 Å². The zero-order valence-electron chi connectivity index (χ0n) is 9.64. The van der Waals surface area contributed by atoms with Crippen LogP contribution in [0, 0.1) is 5.92 Å². The summed E-state index contributed by atoms with van der Waals surface area (Å²) in [4.78, 5) is 22.5. The van der Waals surface area contributed by atoms with Gasteiger partial charge in [0.25, 0.3) is 0 Å². The number of nitrogens with one attached hydrogen (secondary N) is 1. The molecule has 1 rings (SSSR count). The van der Waals surface area contributed by atoms with Crippen LogP contribution in [0.2, 0.25) is 0 Å². The van der Waals surface area contributed by atoms with E-state index in [0.717, 1.165) is 0 Å². The van der Waals surface area contributed by atoms with Gasteiger partial charge < -0.3 is 16.2 Å². The molecule has 0 saturated carbocycles. The third-order valence-electron chi connectivity index (χ3n) is 2.53. The van der Waals surface area contributed by atoms with Crippen LogP contribution >= 0.6 is 0 Å². The number of rotatable bonds is 5. The summed E-state index contributed by atoms with van der Waals surface area (Å²) in [5, 5.41) is 11.5. The van der Waals surface area contributed by atoms with Crippen LogP contribution in [0.25, 0.3) is 0 Å². The lowest BCUT2D eigenvalue weighted by molar-refractivity contribution is -0.119. The lowest BCUT2D eigenvalue weighted by Crippen LogP contribution is -2.28. The van der Waals surface area contributed by atoms with Crippen LogP contribution in [0.1, 0.15) is 23.7 Å². The third-order valence-corrected chi connectivity index (χ3v) is 2.53. The highest BCUT2D eigenvalue weighted by atomic mass is 16.4. The molecule has 1 unspecified atom stereocenters. The molecule has 0 spiro atoms. The van der Waals surface area contributed by atoms with Crippen molar-refractivity contribution in [2.24, 2.45) is 11.7 Å². The highest BCUT2D eigenvalue weighted by Gasteiger charge is 2.14. The van der Waals surface area contributed by atoms with Gasteiger partial charge >= 0.3 is 5.97 Å². The maximum absolute atomic E-state index is 11.7. The Bertz CT molecular complexity index is 414. The zero-order chi connectivity index (χ0) is 12.8. The monoisotopic (exact) mass is 236 g/mol. The van der Waals surface area contributed by atoms with Gasteiger partial charge in [-0.3, -0.25) is 4.79 Å². The van der Waals surface area contributed by atoms with Crippen molar-refractivity contribution in [2.75, 3.05) is 11.9 Å². The normalized spacial score (nSPS) is 11.9. The SMILES string of the molecule is CCC(CN)C(=O)Nc1cccc(C(=O)O)c1. The first-order valence-corrected chi connectivity index (χ1v) is 5.42. The Morgan fingerprint density at radius 3 is 2.71 bits per heavy atom. The van der Waals surface area contributed by atoms with E-state index < -0.39 is 5.97 Å². The Labute approximate surface area is 99.6 Å². The number of nitrogens with two attached hydrogens (primary N) is 1. The van der Waals surface area contributed by atoms with E-state index in [1.165, 1.54) is 12.1 Å². The van der Waals surface area contributed by atoms with Gasteiger partial charge in [0.15, 0.2) is 0 Å². The van der Waals surface area contributed by atoms with E-state index in [2.05, 4.69) is 5.32 Å². The lowest BCUT2D eigenvalue weighted by Gasteiger charge is -2.12. The predicted molar refractivity (Wildman–Crippen MR) is 64.9 cm³/mol. The van der Waals surface area contributed by atoms with Gasteiger partial charge in [-0.1, -0.05) is 13.0 Å². The molecule has 0 bridgehead atoms. The first-order valence-electron chi connectivity index (χ1n) is 5.42. The molecular formula is C12H16N2O3. The van der Waals surface area contributed by atoms with Crippen molar-refractivity contribution in [3.8, 4) is 0 Å². The van der Waals surface area contributed by atoms with E-state index in [-0.39, 0.29) is 23.9 Å². The maximum Gasteiger partial charge on any atom is 0.335 e. The standard InChI is InChI=1S/C12H16N2O3/c1-2-8(7-13)11(15)14-10-5-3-4-9(6-10)12(16)17/h3-6,8H,2,7,13H2,1H3,(H,14,15)(H,16,17). The van der Waals surface area contributed by atoms with Crippen LogP contribution in [0.4, 0.5) is 5.69 Å². The summed E-state index contributed by atoms with van der Waals surface area (Å²) < 4.78 is 0. The number of amides is 1.